The van der Waals surface area contributed by atoms with Gasteiger partial charge in [0.25, 0.3) is 5.91 Å². The highest BCUT2D eigenvalue weighted by Gasteiger charge is 2.32. The number of aliphatic hydroxyl groups is 1. The molecule has 0 bridgehead atoms. The second-order valence-corrected chi connectivity index (χ2v) is 9.02. The maximum Gasteiger partial charge on any atom is 0.573 e. The van der Waals surface area contributed by atoms with Crippen molar-refractivity contribution in [1.82, 2.24) is 5.32 Å². The van der Waals surface area contributed by atoms with Gasteiger partial charge in [-0.25, -0.2) is 0 Å². The average Bonchev–Trinajstić information content (AvgIpc) is 2.89. The molecule has 0 radical (unpaired) electrons. The minimum absolute atomic E-state index is 0.101. The molecule has 13 heteroatoms. The number of nitrogens with one attached hydrogen (secondary N) is 2. The van der Waals surface area contributed by atoms with Gasteiger partial charge in [0, 0.05) is 41.8 Å². The van der Waals surface area contributed by atoms with Crippen LogP contribution in [0.1, 0.15) is 55.4 Å². The number of halogens is 6. The lowest BCUT2D eigenvalue weighted by Gasteiger charge is -2.18. The van der Waals surface area contributed by atoms with E-state index in [1.165, 1.54) is 47.8 Å². The lowest BCUT2D eigenvalue weighted by Crippen LogP contribution is -2.24. The monoisotopic (exact) mass is 594 g/mol. The number of Topliss-reactive ketones (excluding diaryl/α,β-unsaturated/α-hetero) is 2. The molecule has 7 nitrogen and oxygen atoms in total. The molecule has 0 spiro atoms. The van der Waals surface area contributed by atoms with Crippen molar-refractivity contribution in [3.63, 3.8) is 0 Å². The number of ketones is 2. The molecule has 3 N–H and O–H groups in total. The maximum absolute atomic E-state index is 13.5. The number of hydrogen-bond donors (Lipinski definition) is 3. The van der Waals surface area contributed by atoms with Gasteiger partial charge in [-0.15, -0.1) is 13.2 Å². The number of rotatable bonds is 12. The van der Waals surface area contributed by atoms with Crippen LogP contribution in [-0.2, 0) is 0 Å². The molecule has 3 rings (SSSR count). The largest absolute Gasteiger partial charge is 0.573 e. The van der Waals surface area contributed by atoms with Gasteiger partial charge in [0.05, 0.1) is 11.7 Å². The number of alkyl halides is 6. The Balaban J connectivity index is 1.92. The first-order valence-electron chi connectivity index (χ1n) is 12.2. The van der Waals surface area contributed by atoms with E-state index in [1.807, 2.05) is 0 Å². The van der Waals surface area contributed by atoms with E-state index in [9.17, 15) is 40.7 Å². The first kappa shape index (κ1) is 31.7. The summed E-state index contributed by atoms with van der Waals surface area (Å²) in [5.41, 5.74) is -0.370. The molecule has 0 aromatic heterocycles. The SMILES string of the molecule is C=C(O)CCNC(=O)c1ccc(C(CC(=O)c2cccc(NC(F)(F)F)c2)C(=O)c2cccc(OC(F)(F)F)c2)cc1. The van der Waals surface area contributed by atoms with Crippen molar-refractivity contribution in [2.75, 3.05) is 11.9 Å². The Bertz CT molecular complexity index is 1450. The third-order valence-corrected chi connectivity index (χ3v) is 5.80. The van der Waals surface area contributed by atoms with E-state index in [2.05, 4.69) is 16.6 Å². The predicted molar refractivity (Wildman–Crippen MR) is 140 cm³/mol. The third kappa shape index (κ3) is 9.68. The van der Waals surface area contributed by atoms with Gasteiger partial charge in [0.2, 0.25) is 0 Å². The highest BCUT2D eigenvalue weighted by molar-refractivity contribution is 6.06. The zero-order chi connectivity index (χ0) is 31.1. The van der Waals surface area contributed by atoms with E-state index in [0.717, 1.165) is 30.3 Å². The Hall–Kier alpha value is -4.81. The van der Waals surface area contributed by atoms with Crippen molar-refractivity contribution in [2.45, 2.75) is 31.4 Å². The van der Waals surface area contributed by atoms with Gasteiger partial charge in [-0.2, -0.15) is 13.2 Å². The third-order valence-electron chi connectivity index (χ3n) is 5.80. The van der Waals surface area contributed by atoms with E-state index < -0.39 is 53.9 Å². The van der Waals surface area contributed by atoms with E-state index in [4.69, 9.17) is 5.11 Å². The highest BCUT2D eigenvalue weighted by atomic mass is 19.4. The fourth-order valence-corrected chi connectivity index (χ4v) is 3.94. The summed E-state index contributed by atoms with van der Waals surface area (Å²) in [7, 11) is 0. The van der Waals surface area contributed by atoms with Crippen LogP contribution in [0.25, 0.3) is 0 Å². The van der Waals surface area contributed by atoms with E-state index in [0.29, 0.717) is 0 Å². The van der Waals surface area contributed by atoms with Crippen molar-refractivity contribution < 1.29 is 50.6 Å². The molecule has 0 saturated heterocycles. The minimum Gasteiger partial charge on any atom is -0.513 e. The molecular weight excluding hydrogens is 570 g/mol. The summed E-state index contributed by atoms with van der Waals surface area (Å²) in [6, 6.07) is 14.3. The fraction of sp³-hybridized carbons (Fsp3) is 0.207. The highest BCUT2D eigenvalue weighted by Crippen LogP contribution is 2.30. The molecule has 0 saturated carbocycles. The maximum atomic E-state index is 13.5. The summed E-state index contributed by atoms with van der Waals surface area (Å²) in [4.78, 5) is 39.1. The van der Waals surface area contributed by atoms with Crippen LogP contribution in [-0.4, -0.2) is 41.8 Å². The van der Waals surface area contributed by atoms with Crippen LogP contribution in [0.3, 0.4) is 0 Å². The molecule has 0 aliphatic rings. The van der Waals surface area contributed by atoms with Crippen LogP contribution in [0.5, 0.6) is 5.75 Å². The lowest BCUT2D eigenvalue weighted by atomic mass is 9.85. The van der Waals surface area contributed by atoms with Crippen molar-refractivity contribution in [2.24, 2.45) is 0 Å². The van der Waals surface area contributed by atoms with Crippen LogP contribution < -0.4 is 15.4 Å². The first-order chi connectivity index (χ1) is 19.6. The standard InChI is InChI=1S/C29H24F6N2O5/c1-17(38)12-13-36-27(41)19-10-8-18(9-11-19)24(26(40)21-5-3-7-23(15-21)42-29(33,34)35)16-25(39)20-4-2-6-22(14-20)37-28(30,31)32/h2-11,14-15,24,37-38H,1,12-13,16H2,(H,36,41). The number of carbonyl (C=O) groups is 3. The zero-order valence-corrected chi connectivity index (χ0v) is 21.7. The van der Waals surface area contributed by atoms with Gasteiger partial charge in [-0.05, 0) is 42.0 Å². The number of aliphatic hydroxyl groups excluding tert-OH is 1. The minimum atomic E-state index is -5.02. The van der Waals surface area contributed by atoms with Crippen LogP contribution in [0.4, 0.5) is 32.0 Å². The molecule has 0 aliphatic carbocycles. The fourth-order valence-electron chi connectivity index (χ4n) is 3.94. The topological polar surface area (TPSA) is 105 Å². The number of amides is 1. The molecule has 3 aromatic carbocycles. The normalized spacial score (nSPS) is 12.2. The zero-order valence-electron chi connectivity index (χ0n) is 21.7. The van der Waals surface area contributed by atoms with Crippen molar-refractivity contribution in [3.05, 3.63) is 107 Å². The smallest absolute Gasteiger partial charge is 0.513 e. The summed E-state index contributed by atoms with van der Waals surface area (Å²) >= 11 is 0. The van der Waals surface area contributed by atoms with Crippen LogP contribution in [0, 0.1) is 0 Å². The number of benzene rings is 3. The molecule has 0 heterocycles. The Kier molecular flexibility index (Phi) is 9.99. The second kappa shape index (κ2) is 13.2. The van der Waals surface area contributed by atoms with Gasteiger partial charge >= 0.3 is 12.7 Å². The molecule has 0 aliphatic heterocycles. The number of ether oxygens (including phenoxy) is 1. The molecule has 1 amide bonds. The summed E-state index contributed by atoms with van der Waals surface area (Å²) < 4.78 is 80.4. The van der Waals surface area contributed by atoms with Crippen LogP contribution in [0.2, 0.25) is 0 Å². The molecule has 0 fully saturated rings. The Morgan fingerprint density at radius 1 is 0.857 bits per heavy atom. The molecule has 222 valence electrons. The van der Waals surface area contributed by atoms with Crippen LogP contribution >= 0.6 is 0 Å². The Labute approximate surface area is 235 Å². The van der Waals surface area contributed by atoms with Gasteiger partial charge in [0.15, 0.2) is 11.6 Å². The van der Waals surface area contributed by atoms with Crippen molar-refractivity contribution >= 4 is 23.2 Å². The first-order valence-corrected chi connectivity index (χ1v) is 12.2. The average molecular weight is 595 g/mol. The number of carbonyl (C=O) groups excluding carboxylic acids is 3. The number of hydrogen-bond acceptors (Lipinski definition) is 6. The summed E-state index contributed by atoms with van der Waals surface area (Å²) in [6.45, 7) is 3.41. The molecule has 3 aromatic rings. The van der Waals surface area contributed by atoms with E-state index >= 15 is 0 Å². The Morgan fingerprint density at radius 2 is 1.50 bits per heavy atom. The van der Waals surface area contributed by atoms with Crippen molar-refractivity contribution in [1.29, 1.82) is 0 Å². The summed E-state index contributed by atoms with van der Waals surface area (Å²) in [6.07, 6.45) is -10.2. The van der Waals surface area contributed by atoms with Crippen LogP contribution in [0.15, 0.2) is 85.1 Å². The summed E-state index contributed by atoms with van der Waals surface area (Å²) in [5, 5.41) is 13.0. The van der Waals surface area contributed by atoms with E-state index in [1.54, 1.807) is 0 Å². The van der Waals surface area contributed by atoms with Gasteiger partial charge < -0.3 is 15.2 Å². The number of anilines is 1. The van der Waals surface area contributed by atoms with Gasteiger partial charge in [-0.3, -0.25) is 19.7 Å². The van der Waals surface area contributed by atoms with Gasteiger partial charge in [0.1, 0.15) is 5.75 Å². The lowest BCUT2D eigenvalue weighted by molar-refractivity contribution is -0.274. The molecule has 1 atom stereocenters. The predicted octanol–water partition coefficient (Wildman–Crippen LogP) is 6.95. The molecular formula is C29H24F6N2O5. The quantitative estimate of drug-likeness (QED) is 0.0908. The molecule has 42 heavy (non-hydrogen) atoms. The van der Waals surface area contributed by atoms with Crippen molar-refractivity contribution in [3.8, 4) is 5.75 Å². The van der Waals surface area contributed by atoms with E-state index in [-0.39, 0.29) is 41.0 Å². The Morgan fingerprint density at radius 3 is 2.12 bits per heavy atom. The molecule has 1 unspecified atom stereocenters. The van der Waals surface area contributed by atoms with Gasteiger partial charge in [-0.1, -0.05) is 43.0 Å². The summed E-state index contributed by atoms with van der Waals surface area (Å²) in [5.74, 6) is -4.06. The second-order valence-electron chi connectivity index (χ2n) is 9.02.